The number of piperidine rings is 1. The number of nitrogens with zero attached hydrogens (tertiary/aromatic N) is 1. The molecule has 0 unspecified atom stereocenters. The van der Waals surface area contributed by atoms with E-state index < -0.39 is 20.5 Å². The first-order chi connectivity index (χ1) is 10.9. The summed E-state index contributed by atoms with van der Waals surface area (Å²) in [6.07, 6.45) is 8.04. The van der Waals surface area contributed by atoms with Crippen LogP contribution in [-0.4, -0.2) is 55.1 Å². The lowest BCUT2D eigenvalue weighted by atomic mass is 9.94. The monoisotopic (exact) mass is 348 g/mol. The minimum absolute atomic E-state index is 0.253. The van der Waals surface area contributed by atoms with Crippen LogP contribution in [0.4, 0.5) is 0 Å². The van der Waals surface area contributed by atoms with Crippen LogP contribution in [0.25, 0.3) is 0 Å². The first kappa shape index (κ1) is 20.4. The number of likely N-dealkylation sites (tertiary alicyclic amines) is 1. The summed E-state index contributed by atoms with van der Waals surface area (Å²) in [5.41, 5.74) is 1.54. The number of rotatable bonds is 5. The highest BCUT2D eigenvalue weighted by Gasteiger charge is 2.49. The molecule has 0 aromatic heterocycles. The summed E-state index contributed by atoms with van der Waals surface area (Å²) < 4.78 is 22.5. The predicted molar refractivity (Wildman–Crippen MR) is 91.1 cm³/mol. The Balaban J connectivity index is 0.00000127. The van der Waals surface area contributed by atoms with Crippen molar-refractivity contribution in [2.45, 2.75) is 63.5 Å². The average Bonchev–Trinajstić information content (AvgIpc) is 3.07. The van der Waals surface area contributed by atoms with Crippen LogP contribution in [0.15, 0.2) is 0 Å². The molecule has 0 spiro atoms. The zero-order valence-electron chi connectivity index (χ0n) is 14.7. The highest BCUT2D eigenvalue weighted by atomic mass is 32.2. The van der Waals surface area contributed by atoms with Gasteiger partial charge >= 0.3 is 0 Å². The zero-order valence-corrected chi connectivity index (χ0v) is 15.5. The Labute approximate surface area is 140 Å². The number of carbonyl (C=O) groups is 1. The number of hydroxylamine groups is 1. The number of sulfone groups is 1. The summed E-state index contributed by atoms with van der Waals surface area (Å²) >= 11 is 0. The van der Waals surface area contributed by atoms with Crippen LogP contribution in [-0.2, 0) is 14.6 Å². The van der Waals surface area contributed by atoms with Crippen LogP contribution in [0.5, 0.6) is 0 Å². The fourth-order valence-corrected chi connectivity index (χ4v) is 4.98. The van der Waals surface area contributed by atoms with Crippen LogP contribution in [0.2, 0.25) is 0 Å². The third-order valence-electron chi connectivity index (χ3n) is 5.22. The number of nitrogens with one attached hydrogen (secondary N) is 1. The molecular weight excluding hydrogens is 316 g/mol. The van der Waals surface area contributed by atoms with Crippen molar-refractivity contribution in [1.29, 1.82) is 0 Å². The molecule has 6 nitrogen and oxygen atoms in total. The molecule has 0 aromatic carbocycles. The van der Waals surface area contributed by atoms with Gasteiger partial charge in [-0.15, -0.1) is 0 Å². The van der Waals surface area contributed by atoms with Crippen LogP contribution < -0.4 is 5.48 Å². The maximum Gasteiger partial charge on any atom is 0.264 e. The van der Waals surface area contributed by atoms with Crippen molar-refractivity contribution in [2.75, 3.05) is 25.9 Å². The normalized spacial score (nSPS) is 22.3. The second-order valence-corrected chi connectivity index (χ2v) is 8.81. The smallest absolute Gasteiger partial charge is 0.264 e. The summed E-state index contributed by atoms with van der Waals surface area (Å²) in [4.78, 5) is 14.1. The maximum atomic E-state index is 12.0. The van der Waals surface area contributed by atoms with Gasteiger partial charge in [0, 0.05) is 19.3 Å². The van der Waals surface area contributed by atoms with E-state index in [0.29, 0.717) is 13.1 Å². The zero-order chi connectivity index (χ0) is 17.5. The van der Waals surface area contributed by atoms with Crippen molar-refractivity contribution in [3.05, 3.63) is 0 Å². The van der Waals surface area contributed by atoms with Gasteiger partial charge in [0.1, 0.15) is 0 Å². The molecule has 1 saturated heterocycles. The van der Waals surface area contributed by atoms with Gasteiger partial charge in [0.15, 0.2) is 14.6 Å². The van der Waals surface area contributed by atoms with Gasteiger partial charge in [-0.2, -0.15) is 0 Å². The molecule has 2 aliphatic rings. The third-order valence-corrected chi connectivity index (χ3v) is 7.23. The van der Waals surface area contributed by atoms with E-state index in [1.54, 1.807) is 0 Å². The van der Waals surface area contributed by atoms with Crippen LogP contribution in [0.1, 0.15) is 58.8 Å². The molecule has 1 amide bonds. The van der Waals surface area contributed by atoms with E-state index in [9.17, 15) is 13.2 Å². The molecule has 1 heterocycles. The van der Waals surface area contributed by atoms with Gasteiger partial charge in [-0.3, -0.25) is 10.0 Å². The van der Waals surface area contributed by atoms with Gasteiger partial charge in [-0.1, -0.05) is 39.5 Å². The van der Waals surface area contributed by atoms with Gasteiger partial charge in [0.2, 0.25) is 0 Å². The third kappa shape index (κ3) is 4.90. The van der Waals surface area contributed by atoms with E-state index in [0.717, 1.165) is 25.1 Å². The first-order valence-electron chi connectivity index (χ1n) is 8.75. The summed E-state index contributed by atoms with van der Waals surface area (Å²) in [5, 5.41) is 8.85. The van der Waals surface area contributed by atoms with Gasteiger partial charge in [0.05, 0.1) is 0 Å². The summed E-state index contributed by atoms with van der Waals surface area (Å²) in [5.74, 6) is 0.0211. The van der Waals surface area contributed by atoms with Gasteiger partial charge in [0.25, 0.3) is 5.91 Å². The fourth-order valence-electron chi connectivity index (χ4n) is 3.67. The molecule has 23 heavy (non-hydrogen) atoms. The summed E-state index contributed by atoms with van der Waals surface area (Å²) in [6.45, 7) is 6.16. The molecule has 0 atom stereocenters. The quantitative estimate of drug-likeness (QED) is 0.586. The van der Waals surface area contributed by atoms with Gasteiger partial charge in [-0.25, -0.2) is 13.9 Å². The van der Waals surface area contributed by atoms with Crippen molar-refractivity contribution < 1.29 is 18.4 Å². The van der Waals surface area contributed by atoms with E-state index in [2.05, 4.69) is 4.90 Å². The number of hydrogen-bond donors (Lipinski definition) is 2. The lowest BCUT2D eigenvalue weighted by molar-refractivity contribution is -0.133. The van der Waals surface area contributed by atoms with Crippen molar-refractivity contribution in [1.82, 2.24) is 10.4 Å². The molecule has 136 valence electrons. The molecule has 7 heteroatoms. The first-order valence-corrected chi connectivity index (χ1v) is 10.6. The number of hydrogen-bond acceptors (Lipinski definition) is 5. The molecule has 0 bridgehead atoms. The summed E-state index contributed by atoms with van der Waals surface area (Å²) in [6, 6.07) is 0. The Kier molecular flexibility index (Phi) is 7.97. The highest BCUT2D eigenvalue weighted by molar-refractivity contribution is 7.92. The molecule has 0 radical (unpaired) electrons. The topological polar surface area (TPSA) is 86.7 Å². The fraction of sp³-hybridized carbons (Fsp3) is 0.938. The van der Waals surface area contributed by atoms with E-state index in [1.807, 2.05) is 13.8 Å². The van der Waals surface area contributed by atoms with Gasteiger partial charge in [-0.05, 0) is 31.7 Å². The Morgan fingerprint density at radius 1 is 1.22 bits per heavy atom. The van der Waals surface area contributed by atoms with Crippen molar-refractivity contribution in [3.63, 3.8) is 0 Å². The van der Waals surface area contributed by atoms with Crippen molar-refractivity contribution in [2.24, 2.45) is 5.92 Å². The van der Waals surface area contributed by atoms with Crippen LogP contribution in [0, 0.1) is 5.92 Å². The van der Waals surface area contributed by atoms with Crippen molar-refractivity contribution in [3.8, 4) is 0 Å². The lowest BCUT2D eigenvalue weighted by Crippen LogP contribution is -2.57. The van der Waals surface area contributed by atoms with Gasteiger partial charge < -0.3 is 4.90 Å². The SMILES string of the molecule is CC.CS(=O)(=O)C1(C(=O)NO)CCN(CCC2CCCC2)CC1. The Morgan fingerprint density at radius 3 is 2.17 bits per heavy atom. The predicted octanol–water partition coefficient (Wildman–Crippen LogP) is 1.98. The Hall–Kier alpha value is -0.660. The van der Waals surface area contributed by atoms with E-state index in [4.69, 9.17) is 5.21 Å². The Morgan fingerprint density at radius 2 is 1.74 bits per heavy atom. The molecular formula is C16H32N2O4S. The second-order valence-electron chi connectivity index (χ2n) is 6.49. The minimum atomic E-state index is -3.55. The van der Waals surface area contributed by atoms with E-state index in [-0.39, 0.29) is 12.8 Å². The second kappa shape index (κ2) is 8.99. The molecule has 2 fully saturated rings. The molecule has 2 rings (SSSR count). The van der Waals surface area contributed by atoms with E-state index in [1.165, 1.54) is 31.2 Å². The largest absolute Gasteiger partial charge is 0.303 e. The van der Waals surface area contributed by atoms with Crippen LogP contribution in [0.3, 0.4) is 0 Å². The summed E-state index contributed by atoms with van der Waals surface area (Å²) in [7, 11) is -3.55. The maximum absolute atomic E-state index is 12.0. The number of carbonyl (C=O) groups excluding carboxylic acids is 1. The standard InChI is InChI=1S/C14H26N2O4S.C2H6/c1-21(19,20)14(13(17)15-18)7-10-16(11-8-14)9-6-12-4-2-3-5-12;1-2/h12,18H,2-11H2,1H3,(H,15,17);1-2H3. The molecule has 2 N–H and O–H groups in total. The van der Waals surface area contributed by atoms with Crippen LogP contribution >= 0.6 is 0 Å². The average molecular weight is 349 g/mol. The Bertz CT molecular complexity index is 464. The minimum Gasteiger partial charge on any atom is -0.303 e. The highest BCUT2D eigenvalue weighted by Crippen LogP contribution is 2.32. The molecule has 0 aromatic rings. The molecule has 1 aliphatic carbocycles. The van der Waals surface area contributed by atoms with Crippen molar-refractivity contribution >= 4 is 15.7 Å². The van der Waals surface area contributed by atoms with E-state index >= 15 is 0 Å². The molecule has 1 aliphatic heterocycles. The molecule has 1 saturated carbocycles. The lowest BCUT2D eigenvalue weighted by Gasteiger charge is -2.38. The number of amides is 1.